The standard InChI is InChI=1S/C13H16O3/c1-3-10-4-6-11(7-5-10)8-12(9-16-2)13(14)15/h4-8H,3,9H2,1-2H3,(H,14,15)/b12-8+. The molecule has 1 aromatic rings. The second kappa shape index (κ2) is 6.08. The van der Waals surface area contributed by atoms with E-state index < -0.39 is 5.97 Å². The van der Waals surface area contributed by atoms with Gasteiger partial charge in [-0.2, -0.15) is 0 Å². The molecule has 0 atom stereocenters. The Kier molecular flexibility index (Phi) is 4.73. The number of hydrogen-bond donors (Lipinski definition) is 1. The lowest BCUT2D eigenvalue weighted by Gasteiger charge is -2.02. The monoisotopic (exact) mass is 220 g/mol. The van der Waals surface area contributed by atoms with Crippen molar-refractivity contribution in [3.63, 3.8) is 0 Å². The predicted octanol–water partition coefficient (Wildman–Crippen LogP) is 2.36. The van der Waals surface area contributed by atoms with Crippen LogP contribution in [0.1, 0.15) is 18.1 Å². The fourth-order valence-corrected chi connectivity index (χ4v) is 1.37. The van der Waals surface area contributed by atoms with Crippen molar-refractivity contribution in [2.75, 3.05) is 13.7 Å². The van der Waals surface area contributed by atoms with Crippen LogP contribution >= 0.6 is 0 Å². The van der Waals surface area contributed by atoms with Gasteiger partial charge in [-0.25, -0.2) is 4.79 Å². The molecule has 0 bridgehead atoms. The Balaban J connectivity index is 2.89. The van der Waals surface area contributed by atoms with E-state index in [2.05, 4.69) is 6.92 Å². The summed E-state index contributed by atoms with van der Waals surface area (Å²) in [7, 11) is 1.48. The molecule has 0 aliphatic heterocycles. The van der Waals surface area contributed by atoms with E-state index in [1.54, 1.807) is 6.08 Å². The van der Waals surface area contributed by atoms with Crippen molar-refractivity contribution >= 4 is 12.0 Å². The number of rotatable bonds is 5. The largest absolute Gasteiger partial charge is 0.478 e. The lowest BCUT2D eigenvalue weighted by molar-refractivity contribution is -0.133. The van der Waals surface area contributed by atoms with Gasteiger partial charge in [0.25, 0.3) is 0 Å². The summed E-state index contributed by atoms with van der Waals surface area (Å²) in [5, 5.41) is 8.92. The third-order valence-electron chi connectivity index (χ3n) is 2.30. The zero-order chi connectivity index (χ0) is 12.0. The molecule has 0 aliphatic rings. The minimum absolute atomic E-state index is 0.116. The molecule has 0 saturated carbocycles. The first kappa shape index (κ1) is 12.5. The van der Waals surface area contributed by atoms with Gasteiger partial charge in [0, 0.05) is 7.11 Å². The SMILES string of the molecule is CCc1ccc(/C=C(\COC)C(=O)O)cc1. The van der Waals surface area contributed by atoms with Crippen molar-refractivity contribution in [3.05, 3.63) is 41.0 Å². The molecule has 0 heterocycles. The Labute approximate surface area is 95.4 Å². The number of aliphatic carboxylic acids is 1. The number of ether oxygens (including phenoxy) is 1. The maximum Gasteiger partial charge on any atom is 0.333 e. The number of methoxy groups -OCH3 is 1. The Morgan fingerprint density at radius 3 is 2.44 bits per heavy atom. The van der Waals surface area contributed by atoms with Gasteiger partial charge in [0.1, 0.15) is 0 Å². The first-order chi connectivity index (χ1) is 7.67. The topological polar surface area (TPSA) is 46.5 Å². The number of aryl methyl sites for hydroxylation is 1. The van der Waals surface area contributed by atoms with Crippen LogP contribution in [-0.2, 0) is 16.0 Å². The highest BCUT2D eigenvalue weighted by Crippen LogP contribution is 2.10. The summed E-state index contributed by atoms with van der Waals surface area (Å²) in [4.78, 5) is 10.9. The highest BCUT2D eigenvalue weighted by molar-refractivity contribution is 5.92. The maximum absolute atomic E-state index is 10.9. The van der Waals surface area contributed by atoms with Gasteiger partial charge < -0.3 is 9.84 Å². The van der Waals surface area contributed by atoms with E-state index >= 15 is 0 Å². The summed E-state index contributed by atoms with van der Waals surface area (Å²) < 4.78 is 4.83. The molecule has 0 aliphatic carbocycles. The van der Waals surface area contributed by atoms with Crippen LogP contribution in [0.25, 0.3) is 6.08 Å². The molecular formula is C13H16O3. The van der Waals surface area contributed by atoms with E-state index in [0.717, 1.165) is 12.0 Å². The van der Waals surface area contributed by atoms with E-state index in [0.29, 0.717) is 0 Å². The molecule has 0 radical (unpaired) electrons. The van der Waals surface area contributed by atoms with Crippen molar-refractivity contribution in [2.24, 2.45) is 0 Å². The van der Waals surface area contributed by atoms with Gasteiger partial charge >= 0.3 is 5.97 Å². The van der Waals surface area contributed by atoms with Gasteiger partial charge in [-0.3, -0.25) is 0 Å². The molecule has 0 saturated heterocycles. The van der Waals surface area contributed by atoms with Gasteiger partial charge in [-0.1, -0.05) is 31.2 Å². The third kappa shape index (κ3) is 3.51. The van der Waals surface area contributed by atoms with Crippen LogP contribution in [0.15, 0.2) is 29.8 Å². The molecule has 3 heteroatoms. The van der Waals surface area contributed by atoms with Crippen molar-refractivity contribution < 1.29 is 14.6 Å². The Bertz CT molecular complexity index is 377. The first-order valence-electron chi connectivity index (χ1n) is 5.19. The lowest BCUT2D eigenvalue weighted by Crippen LogP contribution is -2.06. The second-order valence-electron chi connectivity index (χ2n) is 3.50. The van der Waals surface area contributed by atoms with Crippen molar-refractivity contribution in [2.45, 2.75) is 13.3 Å². The number of carboxylic acids is 1. The van der Waals surface area contributed by atoms with Crippen molar-refractivity contribution in [1.82, 2.24) is 0 Å². The zero-order valence-corrected chi connectivity index (χ0v) is 9.56. The number of hydrogen-bond acceptors (Lipinski definition) is 2. The molecular weight excluding hydrogens is 204 g/mol. The van der Waals surface area contributed by atoms with Crippen LogP contribution < -0.4 is 0 Å². The van der Waals surface area contributed by atoms with Crippen LogP contribution in [0.4, 0.5) is 0 Å². The fraction of sp³-hybridized carbons (Fsp3) is 0.308. The minimum Gasteiger partial charge on any atom is -0.478 e. The van der Waals surface area contributed by atoms with Crippen LogP contribution in [0, 0.1) is 0 Å². The van der Waals surface area contributed by atoms with Gasteiger partial charge in [-0.05, 0) is 23.6 Å². The van der Waals surface area contributed by atoms with Crippen LogP contribution in [0.5, 0.6) is 0 Å². The lowest BCUT2D eigenvalue weighted by atomic mass is 10.1. The van der Waals surface area contributed by atoms with Crippen LogP contribution in [0.3, 0.4) is 0 Å². The van der Waals surface area contributed by atoms with E-state index in [-0.39, 0.29) is 12.2 Å². The summed E-state index contributed by atoms with van der Waals surface area (Å²) in [6.07, 6.45) is 2.61. The van der Waals surface area contributed by atoms with E-state index in [1.165, 1.54) is 12.7 Å². The third-order valence-corrected chi connectivity index (χ3v) is 2.30. The average Bonchev–Trinajstić information content (AvgIpc) is 2.29. The predicted molar refractivity (Wildman–Crippen MR) is 63.3 cm³/mol. The summed E-state index contributed by atoms with van der Waals surface area (Å²) in [6.45, 7) is 2.20. The van der Waals surface area contributed by atoms with Crippen molar-refractivity contribution in [3.8, 4) is 0 Å². The first-order valence-corrected chi connectivity index (χ1v) is 5.19. The molecule has 0 amide bonds. The summed E-state index contributed by atoms with van der Waals surface area (Å²) in [5.41, 5.74) is 2.37. The number of carbonyl (C=O) groups is 1. The van der Waals surface area contributed by atoms with Gasteiger partial charge in [-0.15, -0.1) is 0 Å². The average molecular weight is 220 g/mol. The molecule has 86 valence electrons. The Morgan fingerprint density at radius 1 is 1.38 bits per heavy atom. The molecule has 1 rings (SSSR count). The molecule has 0 fully saturated rings. The molecule has 0 unspecified atom stereocenters. The molecule has 0 aromatic heterocycles. The molecule has 3 nitrogen and oxygen atoms in total. The van der Waals surface area contributed by atoms with E-state index in [9.17, 15) is 4.79 Å². The number of carboxylic acid groups (broad SMARTS) is 1. The smallest absolute Gasteiger partial charge is 0.333 e. The Hall–Kier alpha value is -1.61. The van der Waals surface area contributed by atoms with E-state index in [1.807, 2.05) is 24.3 Å². The highest BCUT2D eigenvalue weighted by atomic mass is 16.5. The normalized spacial score (nSPS) is 11.5. The summed E-state index contributed by atoms with van der Waals surface area (Å²) in [6, 6.07) is 7.82. The van der Waals surface area contributed by atoms with Gasteiger partial charge in [0.05, 0.1) is 12.2 Å². The molecule has 16 heavy (non-hydrogen) atoms. The van der Waals surface area contributed by atoms with Crippen LogP contribution in [-0.4, -0.2) is 24.8 Å². The minimum atomic E-state index is -0.943. The Morgan fingerprint density at radius 2 is 2.00 bits per heavy atom. The molecule has 1 aromatic carbocycles. The van der Waals surface area contributed by atoms with E-state index in [4.69, 9.17) is 9.84 Å². The number of benzene rings is 1. The highest BCUT2D eigenvalue weighted by Gasteiger charge is 2.06. The van der Waals surface area contributed by atoms with Gasteiger partial charge in [0.2, 0.25) is 0 Å². The van der Waals surface area contributed by atoms with Crippen LogP contribution in [0.2, 0.25) is 0 Å². The van der Waals surface area contributed by atoms with Gasteiger partial charge in [0.15, 0.2) is 0 Å². The summed E-state index contributed by atoms with van der Waals surface area (Å²) in [5.74, 6) is -0.943. The summed E-state index contributed by atoms with van der Waals surface area (Å²) >= 11 is 0. The molecule has 1 N–H and O–H groups in total. The quantitative estimate of drug-likeness (QED) is 0.775. The zero-order valence-electron chi connectivity index (χ0n) is 9.56. The fourth-order valence-electron chi connectivity index (χ4n) is 1.37. The molecule has 0 spiro atoms. The second-order valence-corrected chi connectivity index (χ2v) is 3.50. The maximum atomic E-state index is 10.9. The van der Waals surface area contributed by atoms with Crippen molar-refractivity contribution in [1.29, 1.82) is 0 Å².